The molecule has 3 nitrogen and oxygen atoms in total. The molecule has 0 amide bonds. The fraction of sp³-hybridized carbons (Fsp3) is 0.200. The van der Waals surface area contributed by atoms with Crippen LogP contribution >= 0.6 is 23.4 Å². The van der Waals surface area contributed by atoms with Gasteiger partial charge < -0.3 is 0 Å². The Labute approximate surface area is 143 Å². The van der Waals surface area contributed by atoms with Crippen molar-refractivity contribution in [3.8, 4) is 0 Å². The van der Waals surface area contributed by atoms with Crippen LogP contribution in [0.5, 0.6) is 0 Å². The van der Waals surface area contributed by atoms with Gasteiger partial charge in [0.15, 0.2) is 10.8 Å². The Bertz CT molecular complexity index is 877. The molecule has 0 aliphatic rings. The van der Waals surface area contributed by atoms with E-state index in [9.17, 15) is 17.6 Å². The Morgan fingerprint density at radius 2 is 1.83 bits per heavy atom. The predicted octanol–water partition coefficient (Wildman–Crippen LogP) is 5.39. The highest BCUT2D eigenvalue weighted by Crippen LogP contribution is 2.37. The van der Waals surface area contributed by atoms with Crippen LogP contribution in [0.15, 0.2) is 41.7 Å². The topological polar surface area (TPSA) is 30.2 Å². The molecule has 3 aromatic rings. The minimum atomic E-state index is -4.52. The van der Waals surface area contributed by atoms with Crippen molar-refractivity contribution in [1.82, 2.24) is 14.6 Å². The van der Waals surface area contributed by atoms with Crippen molar-refractivity contribution in [3.63, 3.8) is 0 Å². The predicted molar refractivity (Wildman–Crippen MR) is 83.7 cm³/mol. The van der Waals surface area contributed by atoms with Crippen LogP contribution in [0.1, 0.15) is 23.3 Å². The maximum Gasteiger partial charge on any atom is 0.417 e. The molecule has 9 heteroatoms. The summed E-state index contributed by atoms with van der Waals surface area (Å²) in [5.74, 6) is -0.356. The lowest BCUT2D eigenvalue weighted by atomic mass is 10.2. The number of nitrogens with zero attached hydrogens (tertiary/aromatic N) is 3. The van der Waals surface area contributed by atoms with E-state index in [0.717, 1.165) is 17.8 Å². The first-order valence-electron chi connectivity index (χ1n) is 6.79. The van der Waals surface area contributed by atoms with Crippen LogP contribution in [-0.4, -0.2) is 14.6 Å². The number of hydrogen-bond acceptors (Lipinski definition) is 3. The zero-order chi connectivity index (χ0) is 17.5. The molecule has 1 atom stereocenters. The normalized spacial score (nSPS) is 13.4. The minimum Gasteiger partial charge on any atom is -0.276 e. The van der Waals surface area contributed by atoms with Gasteiger partial charge in [-0.1, -0.05) is 35.5 Å². The largest absolute Gasteiger partial charge is 0.417 e. The monoisotopic (exact) mass is 375 g/mol. The number of fused-ring (bicyclic) bond motifs is 1. The van der Waals surface area contributed by atoms with Crippen LogP contribution in [0.2, 0.25) is 5.02 Å². The first kappa shape index (κ1) is 17.0. The van der Waals surface area contributed by atoms with Crippen LogP contribution in [0.4, 0.5) is 17.6 Å². The van der Waals surface area contributed by atoms with E-state index in [0.29, 0.717) is 0 Å². The lowest BCUT2D eigenvalue weighted by Crippen LogP contribution is -2.07. The second-order valence-corrected chi connectivity index (χ2v) is 6.78. The average Bonchev–Trinajstić information content (AvgIpc) is 2.90. The maximum absolute atomic E-state index is 13.0. The molecule has 0 radical (unpaired) electrons. The quantitative estimate of drug-likeness (QED) is 0.454. The molecule has 0 aliphatic heterocycles. The van der Waals surface area contributed by atoms with E-state index in [2.05, 4.69) is 10.2 Å². The van der Waals surface area contributed by atoms with Gasteiger partial charge in [0, 0.05) is 11.4 Å². The first-order valence-corrected chi connectivity index (χ1v) is 8.05. The van der Waals surface area contributed by atoms with Crippen molar-refractivity contribution in [3.05, 3.63) is 58.5 Å². The summed E-state index contributed by atoms with van der Waals surface area (Å²) >= 11 is 7.09. The van der Waals surface area contributed by atoms with E-state index in [1.54, 1.807) is 12.1 Å². The summed E-state index contributed by atoms with van der Waals surface area (Å²) in [6.07, 6.45) is -3.60. The standard InChI is InChI=1S/C15H10ClF4N3S/c1-8(9-2-4-11(17)5-3-9)24-14-22-21-13-12(16)6-10(7-23(13)14)15(18,19)20/h2-8H,1H3/t8-/m1/s1. The van der Waals surface area contributed by atoms with Crippen molar-refractivity contribution in [2.24, 2.45) is 0 Å². The zero-order valence-electron chi connectivity index (χ0n) is 12.2. The number of rotatable bonds is 3. The molecule has 2 aromatic heterocycles. The molecule has 0 fully saturated rings. The molecule has 0 saturated carbocycles. The lowest BCUT2D eigenvalue weighted by molar-refractivity contribution is -0.137. The van der Waals surface area contributed by atoms with Crippen molar-refractivity contribution in [2.75, 3.05) is 0 Å². The summed E-state index contributed by atoms with van der Waals surface area (Å²) in [4.78, 5) is 0. The number of aromatic nitrogens is 3. The number of halogens is 5. The van der Waals surface area contributed by atoms with Crippen molar-refractivity contribution in [2.45, 2.75) is 23.5 Å². The molecule has 3 rings (SSSR count). The molecule has 0 unspecified atom stereocenters. The van der Waals surface area contributed by atoms with E-state index in [1.807, 2.05) is 6.92 Å². The minimum absolute atomic E-state index is 0.126. The third-order valence-electron chi connectivity index (χ3n) is 3.38. The van der Waals surface area contributed by atoms with Gasteiger partial charge in [0.05, 0.1) is 10.6 Å². The molecule has 24 heavy (non-hydrogen) atoms. The summed E-state index contributed by atoms with van der Waals surface area (Å²) in [6.45, 7) is 1.84. The van der Waals surface area contributed by atoms with Gasteiger partial charge in [-0.25, -0.2) is 4.39 Å². The molecule has 0 N–H and O–H groups in total. The summed E-state index contributed by atoms with van der Waals surface area (Å²) in [7, 11) is 0. The molecule has 0 bridgehead atoms. The first-order chi connectivity index (χ1) is 11.3. The van der Waals surface area contributed by atoms with E-state index in [4.69, 9.17) is 11.6 Å². The number of benzene rings is 1. The molecular weight excluding hydrogens is 366 g/mol. The number of thioether (sulfide) groups is 1. The van der Waals surface area contributed by atoms with Gasteiger partial charge in [0.25, 0.3) is 0 Å². The molecule has 0 saturated heterocycles. The van der Waals surface area contributed by atoms with Gasteiger partial charge in [0.2, 0.25) is 0 Å². The van der Waals surface area contributed by atoms with Crippen LogP contribution < -0.4 is 0 Å². The molecule has 2 heterocycles. The van der Waals surface area contributed by atoms with Crippen molar-refractivity contribution in [1.29, 1.82) is 0 Å². The summed E-state index contributed by atoms with van der Waals surface area (Å²) in [5, 5.41) is 7.73. The SMILES string of the molecule is C[C@@H](Sc1nnc2c(Cl)cc(C(F)(F)F)cn12)c1ccc(F)cc1. The molecule has 1 aromatic carbocycles. The number of pyridine rings is 1. The molecule has 126 valence electrons. The fourth-order valence-corrected chi connectivity index (χ4v) is 3.33. The van der Waals surface area contributed by atoms with Crippen LogP contribution in [0.25, 0.3) is 5.65 Å². The highest BCUT2D eigenvalue weighted by molar-refractivity contribution is 7.99. The van der Waals surface area contributed by atoms with Crippen molar-refractivity contribution < 1.29 is 17.6 Å². The summed E-state index contributed by atoms with van der Waals surface area (Å²) < 4.78 is 53.0. The average molecular weight is 376 g/mol. The summed E-state index contributed by atoms with van der Waals surface area (Å²) in [6, 6.07) is 6.71. The van der Waals surface area contributed by atoms with Gasteiger partial charge in [-0.2, -0.15) is 13.2 Å². The van der Waals surface area contributed by atoms with Gasteiger partial charge in [-0.3, -0.25) is 4.40 Å². The number of alkyl halides is 3. The Balaban J connectivity index is 1.97. The third kappa shape index (κ3) is 3.34. The van der Waals surface area contributed by atoms with Gasteiger partial charge in [-0.05, 0) is 30.7 Å². The lowest BCUT2D eigenvalue weighted by Gasteiger charge is -2.11. The molecule has 0 spiro atoms. The Hall–Kier alpha value is -1.80. The van der Waals surface area contributed by atoms with Crippen LogP contribution in [0.3, 0.4) is 0 Å². The van der Waals surface area contributed by atoms with E-state index < -0.39 is 11.7 Å². The Morgan fingerprint density at radius 1 is 1.17 bits per heavy atom. The van der Waals surface area contributed by atoms with Crippen molar-refractivity contribution >= 4 is 29.0 Å². The second kappa shape index (κ2) is 6.25. The van der Waals surface area contributed by atoms with Gasteiger partial charge in [-0.15, -0.1) is 10.2 Å². The fourth-order valence-electron chi connectivity index (χ4n) is 2.13. The van der Waals surface area contributed by atoms with Gasteiger partial charge >= 0.3 is 6.18 Å². The van der Waals surface area contributed by atoms with Crippen LogP contribution in [0, 0.1) is 5.82 Å². The van der Waals surface area contributed by atoms with Gasteiger partial charge in [0.1, 0.15) is 5.82 Å². The highest BCUT2D eigenvalue weighted by atomic mass is 35.5. The Morgan fingerprint density at radius 3 is 2.46 bits per heavy atom. The number of hydrogen-bond donors (Lipinski definition) is 0. The van der Waals surface area contributed by atoms with E-state index in [1.165, 1.54) is 28.3 Å². The molecule has 0 aliphatic carbocycles. The summed E-state index contributed by atoms with van der Waals surface area (Å²) in [5.41, 5.74) is 0.0887. The van der Waals surface area contributed by atoms with E-state index >= 15 is 0 Å². The third-order valence-corrected chi connectivity index (χ3v) is 4.77. The smallest absolute Gasteiger partial charge is 0.276 e. The van der Waals surface area contributed by atoms with Crippen LogP contribution in [-0.2, 0) is 6.18 Å². The highest BCUT2D eigenvalue weighted by Gasteiger charge is 2.32. The molecular formula is C15H10ClF4N3S. The van der Waals surface area contributed by atoms with E-state index in [-0.39, 0.29) is 26.9 Å². The Kier molecular flexibility index (Phi) is 4.44. The zero-order valence-corrected chi connectivity index (χ0v) is 13.8. The maximum atomic E-state index is 13.0. The second-order valence-electron chi connectivity index (χ2n) is 5.06.